The number of methoxy groups -OCH3 is 1. The summed E-state index contributed by atoms with van der Waals surface area (Å²) < 4.78 is 18.1. The maximum atomic E-state index is 11.9. The van der Waals surface area contributed by atoms with Crippen molar-refractivity contribution >= 4 is 22.7 Å². The summed E-state index contributed by atoms with van der Waals surface area (Å²) in [4.78, 5) is 25.6. The van der Waals surface area contributed by atoms with Gasteiger partial charge in [-0.15, -0.1) is 0 Å². The van der Waals surface area contributed by atoms with E-state index in [-0.39, 0.29) is 12.0 Å². The van der Waals surface area contributed by atoms with Gasteiger partial charge >= 0.3 is 12.0 Å². The first-order valence-corrected chi connectivity index (χ1v) is 13.1. The van der Waals surface area contributed by atoms with Gasteiger partial charge in [0, 0.05) is 18.0 Å². The molecule has 0 unspecified atom stereocenters. The van der Waals surface area contributed by atoms with Crippen molar-refractivity contribution < 1.29 is 19.0 Å². The minimum atomic E-state index is -0.145. The van der Waals surface area contributed by atoms with Crippen LogP contribution in [-0.4, -0.2) is 89.8 Å². The van der Waals surface area contributed by atoms with Gasteiger partial charge in [-0.1, -0.05) is 0 Å². The van der Waals surface area contributed by atoms with Crippen molar-refractivity contribution in [3.8, 4) is 11.8 Å². The van der Waals surface area contributed by atoms with Gasteiger partial charge in [0.2, 0.25) is 0 Å². The van der Waals surface area contributed by atoms with Crippen LogP contribution in [0, 0.1) is 6.92 Å². The molecule has 3 aromatic rings. The number of benzene rings is 1. The molecule has 37 heavy (non-hydrogen) atoms. The number of carbonyl (C=O) groups excluding carboxylic acids is 1. The third-order valence-corrected chi connectivity index (χ3v) is 7.38. The van der Waals surface area contributed by atoms with Crippen molar-refractivity contribution in [2.75, 3.05) is 58.0 Å². The van der Waals surface area contributed by atoms with Gasteiger partial charge in [-0.3, -0.25) is 9.69 Å². The van der Waals surface area contributed by atoms with E-state index in [1.54, 1.807) is 7.11 Å². The van der Waals surface area contributed by atoms with E-state index in [9.17, 15) is 4.79 Å². The normalized spacial score (nSPS) is 19.4. The molecule has 2 fully saturated rings. The predicted octanol–water partition coefficient (Wildman–Crippen LogP) is 3.10. The van der Waals surface area contributed by atoms with E-state index >= 15 is 0 Å². The van der Waals surface area contributed by atoms with Crippen LogP contribution in [0.5, 0.6) is 6.01 Å². The Morgan fingerprint density at radius 1 is 1.14 bits per heavy atom. The summed E-state index contributed by atoms with van der Waals surface area (Å²) in [6.45, 7) is 10.8. The lowest BCUT2D eigenvalue weighted by molar-refractivity contribution is -0.144. The van der Waals surface area contributed by atoms with Gasteiger partial charge in [0.1, 0.15) is 5.82 Å². The van der Waals surface area contributed by atoms with Crippen molar-refractivity contribution in [1.82, 2.24) is 24.6 Å². The van der Waals surface area contributed by atoms with Crippen LogP contribution in [-0.2, 0) is 14.3 Å². The highest BCUT2D eigenvalue weighted by molar-refractivity contribution is 5.82. The van der Waals surface area contributed by atoms with Gasteiger partial charge in [0.25, 0.3) is 0 Å². The molecule has 0 saturated carbocycles. The molecule has 10 heteroatoms. The lowest BCUT2D eigenvalue weighted by atomic mass is 9.86. The number of piperidine rings is 1. The van der Waals surface area contributed by atoms with Gasteiger partial charge in [0.05, 0.1) is 51.2 Å². The number of anilines is 1. The molecule has 2 aliphatic heterocycles. The van der Waals surface area contributed by atoms with Gasteiger partial charge in [0.15, 0.2) is 5.82 Å². The van der Waals surface area contributed by atoms with Crippen LogP contribution in [0.4, 0.5) is 5.82 Å². The second-order valence-electron chi connectivity index (χ2n) is 9.87. The molecule has 0 N–H and O–H groups in total. The third-order valence-electron chi connectivity index (χ3n) is 7.38. The van der Waals surface area contributed by atoms with E-state index in [4.69, 9.17) is 19.3 Å². The van der Waals surface area contributed by atoms with Crippen LogP contribution in [0.3, 0.4) is 0 Å². The Morgan fingerprint density at radius 3 is 2.65 bits per heavy atom. The standard InChI is InChI=1S/C27H36N6O4/c1-5-37-26(34)16-31-8-6-20(7-9-31)22-13-23-21(12-18(22)2)15-28-33(23)25-14-24(29-27(30-25)35-4)32-10-11-36-17-19(32)3/h12-15,19-20H,5-11,16-17H2,1-4H3/t19-/m0/s1. The van der Waals surface area contributed by atoms with Gasteiger partial charge in [-0.25, -0.2) is 4.68 Å². The van der Waals surface area contributed by atoms with Crippen LogP contribution >= 0.6 is 0 Å². The average Bonchev–Trinajstić information content (AvgIpc) is 3.31. The zero-order valence-corrected chi connectivity index (χ0v) is 22.1. The highest BCUT2D eigenvalue weighted by Crippen LogP contribution is 2.34. The number of fused-ring (bicyclic) bond motifs is 1. The van der Waals surface area contributed by atoms with Gasteiger partial charge in [-0.2, -0.15) is 15.1 Å². The highest BCUT2D eigenvalue weighted by Gasteiger charge is 2.25. The zero-order valence-electron chi connectivity index (χ0n) is 22.1. The van der Waals surface area contributed by atoms with E-state index in [0.29, 0.717) is 44.1 Å². The second-order valence-corrected chi connectivity index (χ2v) is 9.87. The lowest BCUT2D eigenvalue weighted by Gasteiger charge is -2.34. The largest absolute Gasteiger partial charge is 0.467 e. The number of aromatic nitrogens is 4. The highest BCUT2D eigenvalue weighted by atomic mass is 16.5. The minimum absolute atomic E-state index is 0.145. The molecular weight excluding hydrogens is 472 g/mol. The van der Waals surface area contributed by atoms with Crippen molar-refractivity contribution in [1.29, 1.82) is 0 Å². The zero-order chi connectivity index (χ0) is 25.9. The van der Waals surface area contributed by atoms with Crippen LogP contribution in [0.2, 0.25) is 0 Å². The van der Waals surface area contributed by atoms with Crippen LogP contribution in [0.25, 0.3) is 16.7 Å². The van der Waals surface area contributed by atoms with E-state index in [1.165, 1.54) is 11.1 Å². The molecule has 2 aliphatic rings. The summed E-state index contributed by atoms with van der Waals surface area (Å²) >= 11 is 0. The summed E-state index contributed by atoms with van der Waals surface area (Å²) in [6, 6.07) is 6.97. The Morgan fingerprint density at radius 2 is 1.92 bits per heavy atom. The number of hydrogen-bond acceptors (Lipinski definition) is 9. The van der Waals surface area contributed by atoms with Crippen LogP contribution in [0.1, 0.15) is 43.7 Å². The maximum Gasteiger partial charge on any atom is 0.320 e. The van der Waals surface area contributed by atoms with E-state index in [2.05, 4.69) is 45.7 Å². The number of morpholine rings is 1. The number of carbonyl (C=O) groups is 1. The molecule has 4 heterocycles. The Labute approximate surface area is 217 Å². The smallest absolute Gasteiger partial charge is 0.320 e. The number of likely N-dealkylation sites (tertiary alicyclic amines) is 1. The van der Waals surface area contributed by atoms with E-state index < -0.39 is 0 Å². The molecule has 5 rings (SSSR count). The molecule has 2 aromatic heterocycles. The number of nitrogens with zero attached hydrogens (tertiary/aromatic N) is 6. The number of esters is 1. The van der Waals surface area contributed by atoms with Gasteiger partial charge < -0.3 is 19.1 Å². The average molecular weight is 509 g/mol. The fourth-order valence-corrected chi connectivity index (χ4v) is 5.43. The Bertz CT molecular complexity index is 1250. The first kappa shape index (κ1) is 25.4. The molecule has 2 saturated heterocycles. The molecule has 0 aliphatic carbocycles. The molecule has 0 bridgehead atoms. The molecular formula is C27H36N6O4. The summed E-state index contributed by atoms with van der Waals surface area (Å²) in [7, 11) is 1.59. The molecule has 198 valence electrons. The predicted molar refractivity (Wildman–Crippen MR) is 141 cm³/mol. The summed E-state index contributed by atoms with van der Waals surface area (Å²) in [5.74, 6) is 1.77. The van der Waals surface area contributed by atoms with Crippen molar-refractivity contribution in [2.24, 2.45) is 0 Å². The van der Waals surface area contributed by atoms with Gasteiger partial charge in [-0.05, 0) is 75.9 Å². The van der Waals surface area contributed by atoms with Crippen LogP contribution < -0.4 is 9.64 Å². The van der Waals surface area contributed by atoms with E-state index in [0.717, 1.165) is 49.2 Å². The fraction of sp³-hybridized carbons (Fsp3) is 0.556. The maximum absolute atomic E-state index is 11.9. The van der Waals surface area contributed by atoms with Crippen LogP contribution in [0.15, 0.2) is 24.4 Å². The number of hydrogen-bond donors (Lipinski definition) is 0. The quantitative estimate of drug-likeness (QED) is 0.446. The number of aryl methyl sites for hydroxylation is 1. The summed E-state index contributed by atoms with van der Waals surface area (Å²) in [6.07, 6.45) is 3.89. The fourth-order valence-electron chi connectivity index (χ4n) is 5.43. The first-order valence-electron chi connectivity index (χ1n) is 13.1. The third kappa shape index (κ3) is 5.40. The van der Waals surface area contributed by atoms with Crippen molar-refractivity contribution in [3.63, 3.8) is 0 Å². The first-order chi connectivity index (χ1) is 18.0. The molecule has 1 aromatic carbocycles. The SMILES string of the molecule is CCOC(=O)CN1CCC(c2cc3c(cnn3-c3cc(N4CCOC[C@@H]4C)nc(OC)n3)cc2C)CC1. The summed E-state index contributed by atoms with van der Waals surface area (Å²) in [5.41, 5.74) is 3.60. The molecule has 1 atom stereocenters. The molecule has 0 amide bonds. The monoisotopic (exact) mass is 508 g/mol. The second kappa shape index (κ2) is 11.0. The Hall–Kier alpha value is -3.24. The lowest BCUT2D eigenvalue weighted by Crippen LogP contribution is -2.44. The number of rotatable bonds is 7. The molecule has 10 nitrogen and oxygen atoms in total. The topological polar surface area (TPSA) is 94.8 Å². The van der Waals surface area contributed by atoms with Crippen molar-refractivity contribution in [3.05, 3.63) is 35.5 Å². The minimum Gasteiger partial charge on any atom is -0.467 e. The summed E-state index contributed by atoms with van der Waals surface area (Å²) in [5, 5.41) is 5.77. The Balaban J connectivity index is 1.43. The molecule has 0 spiro atoms. The van der Waals surface area contributed by atoms with E-state index in [1.807, 2.05) is 23.9 Å². The molecule has 0 radical (unpaired) electrons. The Kier molecular flexibility index (Phi) is 7.57. The van der Waals surface area contributed by atoms with Crippen molar-refractivity contribution in [2.45, 2.75) is 45.6 Å². The number of ether oxygens (including phenoxy) is 3.